The van der Waals surface area contributed by atoms with E-state index in [2.05, 4.69) is 70.2 Å². The highest BCUT2D eigenvalue weighted by Gasteiger charge is 2.39. The molecule has 2 aliphatic heterocycles. The minimum atomic E-state index is 0.152. The first-order valence-electron chi connectivity index (χ1n) is 9.08. The highest BCUT2D eigenvalue weighted by atomic mass is 79.9. The summed E-state index contributed by atoms with van der Waals surface area (Å²) in [5.41, 5.74) is 5.42. The van der Waals surface area contributed by atoms with Crippen LogP contribution in [0.25, 0.3) is 0 Å². The fourth-order valence-corrected chi connectivity index (χ4v) is 5.01. The van der Waals surface area contributed by atoms with Gasteiger partial charge in [-0.15, -0.1) is 0 Å². The molecule has 2 heterocycles. The number of benzene rings is 2. The third-order valence-corrected chi connectivity index (χ3v) is 6.25. The van der Waals surface area contributed by atoms with Gasteiger partial charge in [0.25, 0.3) is 0 Å². The lowest BCUT2D eigenvalue weighted by Gasteiger charge is -2.43. The highest BCUT2D eigenvalue weighted by molar-refractivity contribution is 9.10. The maximum atomic E-state index is 11.8. The highest BCUT2D eigenvalue weighted by Crippen LogP contribution is 2.50. The van der Waals surface area contributed by atoms with Crippen LogP contribution in [0.2, 0.25) is 0 Å². The molecule has 2 aromatic carbocycles. The van der Waals surface area contributed by atoms with Gasteiger partial charge in [0.1, 0.15) is 0 Å². The largest absolute Gasteiger partial charge is 0.364 e. The van der Waals surface area contributed by atoms with E-state index >= 15 is 0 Å². The normalized spacial score (nSPS) is 21.1. The number of anilines is 1. The smallest absolute Gasteiger partial charge is 0.210 e. The van der Waals surface area contributed by atoms with E-state index in [0.717, 1.165) is 43.2 Å². The molecule has 0 saturated carbocycles. The average Bonchev–Trinajstić information content (AvgIpc) is 3.07. The van der Waals surface area contributed by atoms with Crippen molar-refractivity contribution in [2.75, 3.05) is 18.0 Å². The van der Waals surface area contributed by atoms with Gasteiger partial charge in [-0.1, -0.05) is 59.3 Å². The summed E-state index contributed by atoms with van der Waals surface area (Å²) in [4.78, 5) is 16.3. The van der Waals surface area contributed by atoms with Gasteiger partial charge in [0.05, 0.1) is 12.1 Å². The summed E-state index contributed by atoms with van der Waals surface area (Å²) in [5.74, 6) is 0. The molecule has 0 fully saturated rings. The van der Waals surface area contributed by atoms with E-state index in [0.29, 0.717) is 6.04 Å². The van der Waals surface area contributed by atoms with Crippen molar-refractivity contribution >= 4 is 28.0 Å². The van der Waals surface area contributed by atoms with Crippen LogP contribution in [0.15, 0.2) is 46.9 Å². The molecule has 0 aromatic heterocycles. The van der Waals surface area contributed by atoms with Crippen LogP contribution in [0.3, 0.4) is 0 Å². The predicted molar refractivity (Wildman–Crippen MR) is 105 cm³/mol. The lowest BCUT2D eigenvalue weighted by atomic mass is 9.86. The molecule has 3 nitrogen and oxygen atoms in total. The quantitative estimate of drug-likeness (QED) is 0.670. The molecule has 2 aliphatic rings. The molecule has 2 atom stereocenters. The molecular formula is C21H23BrN2O. The van der Waals surface area contributed by atoms with Crippen LogP contribution in [0.1, 0.15) is 48.5 Å². The van der Waals surface area contributed by atoms with Crippen LogP contribution in [0.5, 0.6) is 0 Å². The number of rotatable bonds is 5. The van der Waals surface area contributed by atoms with E-state index in [4.69, 9.17) is 0 Å². The minimum absolute atomic E-state index is 0.152. The van der Waals surface area contributed by atoms with Gasteiger partial charge in [0.15, 0.2) is 0 Å². The third kappa shape index (κ3) is 2.77. The van der Waals surface area contributed by atoms with Crippen molar-refractivity contribution in [2.45, 2.75) is 38.3 Å². The van der Waals surface area contributed by atoms with Gasteiger partial charge in [0.2, 0.25) is 6.41 Å². The Morgan fingerprint density at radius 3 is 2.76 bits per heavy atom. The second kappa shape index (κ2) is 6.83. The Balaban J connectivity index is 1.83. The Bertz CT molecular complexity index is 791. The lowest BCUT2D eigenvalue weighted by molar-refractivity contribution is -0.120. The molecular weight excluding hydrogens is 376 g/mol. The van der Waals surface area contributed by atoms with Crippen molar-refractivity contribution in [3.05, 3.63) is 63.6 Å². The number of amides is 1. The van der Waals surface area contributed by atoms with Crippen molar-refractivity contribution in [2.24, 2.45) is 0 Å². The number of nitrogens with zero attached hydrogens (tertiary/aromatic N) is 2. The predicted octanol–water partition coefficient (Wildman–Crippen LogP) is 4.87. The van der Waals surface area contributed by atoms with Crippen LogP contribution in [0, 0.1) is 0 Å². The second-order valence-electron chi connectivity index (χ2n) is 6.93. The van der Waals surface area contributed by atoms with Crippen molar-refractivity contribution in [1.29, 1.82) is 0 Å². The molecule has 0 aliphatic carbocycles. The molecule has 0 N–H and O–H groups in total. The second-order valence-corrected chi connectivity index (χ2v) is 7.78. The molecule has 4 rings (SSSR count). The van der Waals surface area contributed by atoms with Gasteiger partial charge < -0.3 is 9.80 Å². The van der Waals surface area contributed by atoms with Crippen LogP contribution in [-0.4, -0.2) is 24.4 Å². The Labute approximate surface area is 157 Å². The molecule has 130 valence electrons. The first kappa shape index (κ1) is 16.6. The van der Waals surface area contributed by atoms with Crippen LogP contribution in [0.4, 0.5) is 5.69 Å². The van der Waals surface area contributed by atoms with Crippen molar-refractivity contribution in [3.8, 4) is 0 Å². The zero-order valence-electron chi connectivity index (χ0n) is 14.5. The molecule has 0 spiro atoms. The maximum absolute atomic E-state index is 11.8. The Morgan fingerprint density at radius 1 is 1.20 bits per heavy atom. The number of hydrogen-bond acceptors (Lipinski definition) is 2. The lowest BCUT2D eigenvalue weighted by Crippen LogP contribution is -2.39. The molecule has 0 saturated heterocycles. The van der Waals surface area contributed by atoms with Crippen LogP contribution < -0.4 is 4.90 Å². The van der Waals surface area contributed by atoms with Crippen LogP contribution >= 0.6 is 15.9 Å². The first-order valence-corrected chi connectivity index (χ1v) is 9.87. The summed E-state index contributed by atoms with van der Waals surface area (Å²) in [7, 11) is 0. The average molecular weight is 399 g/mol. The third-order valence-electron chi connectivity index (χ3n) is 5.52. The number of carbonyl (C=O) groups excluding carboxylic acids is 1. The van der Waals surface area contributed by atoms with Crippen molar-refractivity contribution < 1.29 is 4.79 Å². The zero-order valence-corrected chi connectivity index (χ0v) is 16.1. The fraction of sp³-hybridized carbons (Fsp3) is 0.381. The minimum Gasteiger partial charge on any atom is -0.364 e. The van der Waals surface area contributed by atoms with E-state index in [1.54, 1.807) is 0 Å². The Kier molecular flexibility index (Phi) is 4.55. The fourth-order valence-electron chi connectivity index (χ4n) is 4.46. The topological polar surface area (TPSA) is 23.6 Å². The summed E-state index contributed by atoms with van der Waals surface area (Å²) >= 11 is 3.74. The molecule has 25 heavy (non-hydrogen) atoms. The molecule has 0 bridgehead atoms. The standard InChI is InChI=1S/C21H23BrN2O/c1-2-11-23(14-25)19-13-20(16-7-3-4-9-18(16)22)24-12-10-15-6-5-8-17(19)21(15)24/h3-9,14,19-20H,2,10-13H2,1H3. The van der Waals surface area contributed by atoms with Gasteiger partial charge >= 0.3 is 0 Å². The van der Waals surface area contributed by atoms with Gasteiger partial charge in [-0.25, -0.2) is 0 Å². The monoisotopic (exact) mass is 398 g/mol. The zero-order chi connectivity index (χ0) is 17.4. The number of halogens is 1. The SMILES string of the molecule is CCCN(C=O)C1CC(c2ccccc2Br)N2CCc3cccc1c32. The van der Waals surface area contributed by atoms with E-state index in [1.807, 2.05) is 4.90 Å². The summed E-state index contributed by atoms with van der Waals surface area (Å²) in [6, 6.07) is 15.6. The van der Waals surface area contributed by atoms with Crippen molar-refractivity contribution in [1.82, 2.24) is 4.90 Å². The van der Waals surface area contributed by atoms with Gasteiger partial charge in [-0.3, -0.25) is 4.79 Å². The van der Waals surface area contributed by atoms with Gasteiger partial charge in [-0.05, 0) is 42.0 Å². The van der Waals surface area contributed by atoms with Gasteiger partial charge in [0, 0.05) is 23.2 Å². The number of carbonyl (C=O) groups is 1. The summed E-state index contributed by atoms with van der Waals surface area (Å²) in [6.45, 7) is 3.99. The van der Waals surface area contributed by atoms with E-state index in [1.165, 1.54) is 22.4 Å². The van der Waals surface area contributed by atoms with Crippen LogP contribution in [-0.2, 0) is 11.2 Å². The molecule has 4 heteroatoms. The Hall–Kier alpha value is -1.81. The number of hydrogen-bond donors (Lipinski definition) is 0. The summed E-state index contributed by atoms with van der Waals surface area (Å²) in [6.07, 6.45) is 4.05. The molecule has 1 amide bonds. The van der Waals surface area contributed by atoms with Crippen molar-refractivity contribution in [3.63, 3.8) is 0 Å². The Morgan fingerprint density at radius 2 is 2.00 bits per heavy atom. The van der Waals surface area contributed by atoms with E-state index in [9.17, 15) is 4.79 Å². The maximum Gasteiger partial charge on any atom is 0.210 e. The molecule has 2 aromatic rings. The molecule has 2 unspecified atom stereocenters. The first-order chi connectivity index (χ1) is 12.2. The van der Waals surface area contributed by atoms with E-state index in [-0.39, 0.29) is 6.04 Å². The summed E-state index contributed by atoms with van der Waals surface area (Å²) < 4.78 is 1.15. The number of para-hydroxylation sites is 1. The van der Waals surface area contributed by atoms with Gasteiger partial charge in [-0.2, -0.15) is 0 Å². The van der Waals surface area contributed by atoms with E-state index < -0.39 is 0 Å². The summed E-state index contributed by atoms with van der Waals surface area (Å²) in [5, 5.41) is 0. The molecule has 0 radical (unpaired) electrons.